The fraction of sp³-hybridized carbons (Fsp3) is 0.250. The van der Waals surface area contributed by atoms with Crippen LogP contribution in [0.2, 0.25) is 0 Å². The second kappa shape index (κ2) is 3.17. The predicted molar refractivity (Wildman–Crippen MR) is 28.9 cm³/mol. The number of aliphatic carboxylic acids is 1. The van der Waals surface area contributed by atoms with Crippen molar-refractivity contribution in [1.29, 1.82) is 0 Å². The molecular formula is C4H8N2O2. The summed E-state index contributed by atoms with van der Waals surface area (Å²) in [4.78, 5) is 9.95. The lowest BCUT2D eigenvalue weighted by molar-refractivity contribution is -0.138. The minimum Gasteiger partial charge on any atom is -0.480 e. The normalized spacial score (nSPS) is 12.6. The van der Waals surface area contributed by atoms with Gasteiger partial charge in [-0.1, -0.05) is 6.08 Å². The maximum atomic E-state index is 9.95. The standard InChI is InChI=1S/C4H8N2O2/c1-2-3(6-5)4(7)8/h2-3,6H,1,5H2,(H,7,8). The van der Waals surface area contributed by atoms with Gasteiger partial charge in [-0.2, -0.15) is 0 Å². The second-order valence-electron chi connectivity index (χ2n) is 1.22. The van der Waals surface area contributed by atoms with Crippen molar-refractivity contribution in [3.05, 3.63) is 12.7 Å². The van der Waals surface area contributed by atoms with E-state index in [1.165, 1.54) is 6.08 Å². The van der Waals surface area contributed by atoms with E-state index in [2.05, 4.69) is 6.58 Å². The van der Waals surface area contributed by atoms with E-state index in [0.29, 0.717) is 0 Å². The van der Waals surface area contributed by atoms with Crippen molar-refractivity contribution in [3.63, 3.8) is 0 Å². The number of carboxylic acid groups (broad SMARTS) is 1. The maximum Gasteiger partial charge on any atom is 0.326 e. The largest absolute Gasteiger partial charge is 0.480 e. The average Bonchev–Trinajstić information content (AvgIpc) is 1.69. The molecule has 8 heavy (non-hydrogen) atoms. The molecule has 46 valence electrons. The van der Waals surface area contributed by atoms with E-state index in [1.807, 2.05) is 5.43 Å². The Bertz CT molecular complexity index is 102. The summed E-state index contributed by atoms with van der Waals surface area (Å²) in [6.07, 6.45) is 1.21. The van der Waals surface area contributed by atoms with Crippen LogP contribution in [-0.4, -0.2) is 17.1 Å². The molecule has 4 heteroatoms. The van der Waals surface area contributed by atoms with Gasteiger partial charge in [-0.3, -0.25) is 10.6 Å². The Morgan fingerprint density at radius 1 is 2.00 bits per heavy atom. The average molecular weight is 116 g/mol. The molecule has 0 aromatic rings. The van der Waals surface area contributed by atoms with Crippen LogP contribution in [0.3, 0.4) is 0 Å². The smallest absolute Gasteiger partial charge is 0.326 e. The van der Waals surface area contributed by atoms with Crippen molar-refractivity contribution < 1.29 is 9.90 Å². The minimum absolute atomic E-state index is 0.838. The lowest BCUT2D eigenvalue weighted by atomic mass is 10.3. The number of hydrogen-bond acceptors (Lipinski definition) is 3. The fourth-order valence-corrected chi connectivity index (χ4v) is 0.240. The van der Waals surface area contributed by atoms with Gasteiger partial charge < -0.3 is 5.11 Å². The highest BCUT2D eigenvalue weighted by Gasteiger charge is 2.07. The third-order valence-corrected chi connectivity index (χ3v) is 0.681. The summed E-state index contributed by atoms with van der Waals surface area (Å²) in [5.74, 6) is 3.76. The first-order chi connectivity index (χ1) is 3.72. The Balaban J connectivity index is 3.69. The highest BCUT2D eigenvalue weighted by Crippen LogP contribution is 1.78. The molecule has 0 aliphatic heterocycles. The molecule has 1 atom stereocenters. The summed E-state index contributed by atoms with van der Waals surface area (Å²) in [5.41, 5.74) is 2.03. The molecule has 0 aliphatic carbocycles. The first kappa shape index (κ1) is 7.13. The van der Waals surface area contributed by atoms with Gasteiger partial charge >= 0.3 is 5.97 Å². The van der Waals surface area contributed by atoms with Gasteiger partial charge in [0.15, 0.2) is 0 Å². The molecule has 4 N–H and O–H groups in total. The minimum atomic E-state index is -1.03. The number of carbonyl (C=O) groups is 1. The molecule has 0 heterocycles. The van der Waals surface area contributed by atoms with Crippen LogP contribution < -0.4 is 11.3 Å². The first-order valence-corrected chi connectivity index (χ1v) is 2.04. The maximum absolute atomic E-state index is 9.95. The number of carboxylic acids is 1. The van der Waals surface area contributed by atoms with Crippen LogP contribution in [0, 0.1) is 0 Å². The summed E-state index contributed by atoms with van der Waals surface area (Å²) in [6, 6.07) is -0.838. The summed E-state index contributed by atoms with van der Waals surface area (Å²) in [5, 5.41) is 8.16. The van der Waals surface area contributed by atoms with Gasteiger partial charge in [-0.15, -0.1) is 6.58 Å². The van der Waals surface area contributed by atoms with Gasteiger partial charge in [-0.25, -0.2) is 5.43 Å². The molecule has 0 amide bonds. The van der Waals surface area contributed by atoms with E-state index >= 15 is 0 Å². The van der Waals surface area contributed by atoms with Gasteiger partial charge in [0, 0.05) is 0 Å². The van der Waals surface area contributed by atoms with Crippen molar-refractivity contribution in [2.75, 3.05) is 0 Å². The van der Waals surface area contributed by atoms with E-state index in [9.17, 15) is 4.79 Å². The Morgan fingerprint density at radius 2 is 2.50 bits per heavy atom. The van der Waals surface area contributed by atoms with Crippen LogP contribution in [0.1, 0.15) is 0 Å². The summed E-state index contributed by atoms with van der Waals surface area (Å²) >= 11 is 0. The number of nitrogens with one attached hydrogen (secondary N) is 1. The van der Waals surface area contributed by atoms with Crippen molar-refractivity contribution >= 4 is 5.97 Å². The number of hydrogen-bond donors (Lipinski definition) is 3. The van der Waals surface area contributed by atoms with Crippen LogP contribution in [0.25, 0.3) is 0 Å². The van der Waals surface area contributed by atoms with Gasteiger partial charge in [0.05, 0.1) is 0 Å². The van der Waals surface area contributed by atoms with Gasteiger partial charge in [0.1, 0.15) is 6.04 Å². The zero-order valence-corrected chi connectivity index (χ0v) is 4.29. The highest BCUT2D eigenvalue weighted by molar-refractivity contribution is 5.75. The monoisotopic (exact) mass is 116 g/mol. The first-order valence-electron chi connectivity index (χ1n) is 2.04. The molecule has 0 saturated heterocycles. The molecular weight excluding hydrogens is 108 g/mol. The Hall–Kier alpha value is -0.870. The number of rotatable bonds is 3. The quantitative estimate of drug-likeness (QED) is 0.253. The molecule has 0 radical (unpaired) electrons. The van der Waals surface area contributed by atoms with Crippen LogP contribution in [0.15, 0.2) is 12.7 Å². The zero-order chi connectivity index (χ0) is 6.57. The van der Waals surface area contributed by atoms with Crippen LogP contribution in [-0.2, 0) is 4.79 Å². The van der Waals surface area contributed by atoms with Gasteiger partial charge in [0.25, 0.3) is 0 Å². The third kappa shape index (κ3) is 1.72. The van der Waals surface area contributed by atoms with E-state index in [-0.39, 0.29) is 0 Å². The van der Waals surface area contributed by atoms with E-state index < -0.39 is 12.0 Å². The second-order valence-corrected chi connectivity index (χ2v) is 1.22. The van der Waals surface area contributed by atoms with Gasteiger partial charge in [-0.05, 0) is 0 Å². The Morgan fingerprint density at radius 3 is 2.50 bits per heavy atom. The number of nitrogens with two attached hydrogens (primary N) is 1. The van der Waals surface area contributed by atoms with E-state index in [0.717, 1.165) is 0 Å². The highest BCUT2D eigenvalue weighted by atomic mass is 16.4. The summed E-state index contributed by atoms with van der Waals surface area (Å²) in [7, 11) is 0. The molecule has 4 nitrogen and oxygen atoms in total. The molecule has 1 unspecified atom stereocenters. The van der Waals surface area contributed by atoms with Crippen molar-refractivity contribution in [1.82, 2.24) is 5.43 Å². The topological polar surface area (TPSA) is 75.3 Å². The molecule has 0 fully saturated rings. The van der Waals surface area contributed by atoms with Gasteiger partial charge in [0.2, 0.25) is 0 Å². The number of hydrazine groups is 1. The molecule has 0 rings (SSSR count). The van der Waals surface area contributed by atoms with Crippen LogP contribution in [0.5, 0.6) is 0 Å². The zero-order valence-electron chi connectivity index (χ0n) is 4.29. The summed E-state index contributed by atoms with van der Waals surface area (Å²) in [6.45, 7) is 3.23. The predicted octanol–water partition coefficient (Wildman–Crippen LogP) is -0.911. The van der Waals surface area contributed by atoms with Crippen LogP contribution in [0.4, 0.5) is 0 Å². The molecule has 0 bridgehead atoms. The fourth-order valence-electron chi connectivity index (χ4n) is 0.240. The molecule has 0 spiro atoms. The lowest BCUT2D eigenvalue weighted by Crippen LogP contribution is -2.39. The van der Waals surface area contributed by atoms with Crippen molar-refractivity contribution in [2.24, 2.45) is 5.84 Å². The lowest BCUT2D eigenvalue weighted by Gasteiger charge is -2.01. The molecule has 0 aromatic carbocycles. The van der Waals surface area contributed by atoms with Crippen molar-refractivity contribution in [3.8, 4) is 0 Å². The van der Waals surface area contributed by atoms with Crippen LogP contribution >= 0.6 is 0 Å². The van der Waals surface area contributed by atoms with Crippen molar-refractivity contribution in [2.45, 2.75) is 6.04 Å². The molecule has 0 aromatic heterocycles. The SMILES string of the molecule is C=CC(NN)C(=O)O. The third-order valence-electron chi connectivity index (χ3n) is 0.681. The Labute approximate surface area is 47.0 Å². The van der Waals surface area contributed by atoms with E-state index in [1.54, 1.807) is 0 Å². The molecule has 0 aliphatic rings. The van der Waals surface area contributed by atoms with E-state index in [4.69, 9.17) is 10.9 Å². The summed E-state index contributed by atoms with van der Waals surface area (Å²) < 4.78 is 0. The molecule has 0 saturated carbocycles. The Kier molecular flexibility index (Phi) is 2.83.